The Morgan fingerprint density at radius 3 is 2.22 bits per heavy atom. The third-order valence-corrected chi connectivity index (χ3v) is 2.74. The van der Waals surface area contributed by atoms with Crippen molar-refractivity contribution >= 4 is 34.7 Å². The molecule has 0 aromatic heterocycles. The summed E-state index contributed by atoms with van der Waals surface area (Å²) < 4.78 is 0. The summed E-state index contributed by atoms with van der Waals surface area (Å²) in [6.45, 7) is 3.75. The van der Waals surface area contributed by atoms with Gasteiger partial charge in [-0.3, -0.25) is 4.79 Å². The van der Waals surface area contributed by atoms with Gasteiger partial charge >= 0.3 is 0 Å². The molecular formula is C15H20Cl2N2O4. The first-order valence-electron chi connectivity index (χ1n) is 6.70. The summed E-state index contributed by atoms with van der Waals surface area (Å²) in [6.07, 6.45) is 0.0205. The number of rotatable bonds is 5. The van der Waals surface area contributed by atoms with Crippen LogP contribution in [0.5, 0.6) is 0 Å². The molecule has 23 heavy (non-hydrogen) atoms. The highest BCUT2D eigenvalue weighted by Gasteiger charge is 2.13. The minimum absolute atomic E-state index is 0.0205. The minimum atomic E-state index is -0.437. The fraction of sp³-hybridized carbons (Fsp3) is 0.400. The number of benzene rings is 1. The average Bonchev–Trinajstić information content (AvgIpc) is 2.58. The Morgan fingerprint density at radius 2 is 1.83 bits per heavy atom. The van der Waals surface area contributed by atoms with E-state index in [1.807, 2.05) is 13.8 Å². The van der Waals surface area contributed by atoms with Gasteiger partial charge in [0.1, 0.15) is 13.2 Å². The first-order chi connectivity index (χ1) is 11.0. The van der Waals surface area contributed by atoms with E-state index in [9.17, 15) is 4.79 Å². The number of Topliss-reactive ketones (excluding diaryl/α,β-unsaturated/α-hetero) is 1. The molecule has 0 aliphatic carbocycles. The minimum Gasteiger partial charge on any atom is -0.398 e. The van der Waals surface area contributed by atoms with Crippen LogP contribution in [0.3, 0.4) is 0 Å². The first-order valence-corrected chi connectivity index (χ1v) is 7.45. The highest BCUT2D eigenvalue weighted by atomic mass is 35.5. The molecule has 0 unspecified atom stereocenters. The van der Waals surface area contributed by atoms with Gasteiger partial charge in [0, 0.05) is 6.42 Å². The molecule has 0 aliphatic rings. The van der Waals surface area contributed by atoms with E-state index in [2.05, 4.69) is 9.99 Å². The van der Waals surface area contributed by atoms with E-state index in [0.29, 0.717) is 15.6 Å². The van der Waals surface area contributed by atoms with Gasteiger partial charge in [-0.2, -0.15) is 5.26 Å². The molecule has 0 spiro atoms. The van der Waals surface area contributed by atoms with E-state index in [1.54, 1.807) is 24.3 Å². The van der Waals surface area contributed by atoms with Gasteiger partial charge in [-0.05, 0) is 17.7 Å². The van der Waals surface area contributed by atoms with Gasteiger partial charge in [-0.15, -0.1) is 0 Å². The molecule has 1 aromatic carbocycles. The van der Waals surface area contributed by atoms with Crippen LogP contribution in [0.2, 0.25) is 10.0 Å². The summed E-state index contributed by atoms with van der Waals surface area (Å²) >= 11 is 11.6. The smallest absolute Gasteiger partial charge is 0.222 e. The van der Waals surface area contributed by atoms with Crippen LogP contribution in [0.1, 0.15) is 19.4 Å². The van der Waals surface area contributed by atoms with Crippen LogP contribution < -0.4 is 0 Å². The number of carbonyl (C=O) groups excluding carboxylic acids is 1. The van der Waals surface area contributed by atoms with E-state index >= 15 is 0 Å². The van der Waals surface area contributed by atoms with Crippen molar-refractivity contribution in [2.24, 2.45) is 5.16 Å². The summed E-state index contributed by atoms with van der Waals surface area (Å²) in [6, 6.07) is 6.49. The maximum absolute atomic E-state index is 11.6. The van der Waals surface area contributed by atoms with E-state index in [0.717, 1.165) is 0 Å². The SMILES string of the molecule is CC.CO/N=C(\C#N)C(=O)Cc1ccc(Cl)c(Cl)c1.OCCO. The normalized spacial score (nSPS) is 9.57. The molecule has 0 saturated carbocycles. The number of hydrogen-bond donors (Lipinski definition) is 2. The van der Waals surface area contributed by atoms with Crippen molar-refractivity contribution in [3.63, 3.8) is 0 Å². The molecule has 2 N–H and O–H groups in total. The van der Waals surface area contributed by atoms with Crippen LogP contribution in [0.25, 0.3) is 0 Å². The van der Waals surface area contributed by atoms with E-state index in [1.165, 1.54) is 7.11 Å². The van der Waals surface area contributed by atoms with E-state index in [4.69, 9.17) is 38.7 Å². The van der Waals surface area contributed by atoms with Crippen molar-refractivity contribution in [2.75, 3.05) is 20.3 Å². The molecule has 8 heteroatoms. The highest BCUT2D eigenvalue weighted by Crippen LogP contribution is 2.22. The Bertz CT molecular complexity index is 541. The molecular weight excluding hydrogens is 343 g/mol. The summed E-state index contributed by atoms with van der Waals surface area (Å²) in [4.78, 5) is 16.0. The van der Waals surface area contributed by atoms with Crippen LogP contribution in [-0.4, -0.2) is 42.0 Å². The van der Waals surface area contributed by atoms with Gasteiger partial charge in [0.2, 0.25) is 5.71 Å². The van der Waals surface area contributed by atoms with Crippen LogP contribution >= 0.6 is 23.2 Å². The largest absolute Gasteiger partial charge is 0.398 e. The van der Waals surface area contributed by atoms with Gasteiger partial charge in [-0.1, -0.05) is 48.3 Å². The maximum atomic E-state index is 11.6. The molecule has 128 valence electrons. The zero-order valence-electron chi connectivity index (χ0n) is 13.2. The molecule has 0 radical (unpaired) electrons. The molecule has 0 aliphatic heterocycles. The van der Waals surface area contributed by atoms with Crippen LogP contribution in [0.15, 0.2) is 23.4 Å². The second kappa shape index (κ2) is 15.3. The number of oxime groups is 1. The first kappa shape index (κ1) is 23.6. The number of aliphatic hydroxyl groups excluding tert-OH is 2. The zero-order chi connectivity index (χ0) is 18.3. The number of carbonyl (C=O) groups is 1. The monoisotopic (exact) mass is 362 g/mol. The van der Waals surface area contributed by atoms with E-state index < -0.39 is 5.78 Å². The number of halogens is 2. The zero-order valence-corrected chi connectivity index (χ0v) is 14.7. The van der Waals surface area contributed by atoms with Crippen molar-refractivity contribution < 1.29 is 19.8 Å². The summed E-state index contributed by atoms with van der Waals surface area (Å²) in [7, 11) is 1.27. The predicted molar refractivity (Wildman–Crippen MR) is 90.7 cm³/mol. The lowest BCUT2D eigenvalue weighted by atomic mass is 10.1. The Labute approximate surface area is 145 Å². The number of ketones is 1. The van der Waals surface area contributed by atoms with Gasteiger partial charge in [0.25, 0.3) is 0 Å². The third-order valence-electron chi connectivity index (χ3n) is 2.00. The topological polar surface area (TPSA) is 103 Å². The fourth-order valence-electron chi connectivity index (χ4n) is 1.14. The summed E-state index contributed by atoms with van der Waals surface area (Å²) in [5.74, 6) is -0.437. The molecule has 0 heterocycles. The van der Waals surface area contributed by atoms with Crippen LogP contribution in [0, 0.1) is 11.3 Å². The van der Waals surface area contributed by atoms with Gasteiger partial charge in [0.05, 0.1) is 23.3 Å². The van der Waals surface area contributed by atoms with Crippen LogP contribution in [0.4, 0.5) is 0 Å². The number of aliphatic hydroxyl groups is 2. The lowest BCUT2D eigenvalue weighted by Gasteiger charge is -2.01. The van der Waals surface area contributed by atoms with Crippen molar-refractivity contribution in [3.8, 4) is 6.07 Å². The van der Waals surface area contributed by atoms with Crippen molar-refractivity contribution in [1.29, 1.82) is 5.26 Å². The van der Waals surface area contributed by atoms with Crippen molar-refractivity contribution in [3.05, 3.63) is 33.8 Å². The fourth-order valence-corrected chi connectivity index (χ4v) is 1.46. The predicted octanol–water partition coefficient (Wildman–Crippen LogP) is 2.63. The molecule has 1 aromatic rings. The second-order valence-electron chi connectivity index (χ2n) is 3.53. The lowest BCUT2D eigenvalue weighted by Crippen LogP contribution is -2.15. The second-order valence-corrected chi connectivity index (χ2v) is 4.34. The average molecular weight is 363 g/mol. The van der Waals surface area contributed by atoms with Gasteiger partial charge in [-0.25, -0.2) is 0 Å². The lowest BCUT2D eigenvalue weighted by molar-refractivity contribution is -0.112. The number of hydrogen-bond acceptors (Lipinski definition) is 6. The quantitative estimate of drug-likeness (QED) is 0.618. The molecule has 0 fully saturated rings. The standard InChI is InChI=1S/C11H8Cl2N2O2.C2H6O2.C2H6/c1-17-15-10(6-14)11(16)5-7-2-3-8(12)9(13)4-7;3-1-2-4;1-2/h2-4H,5H2,1H3;3-4H,1-2H2;1-2H3/b15-10+;;. The Kier molecular flexibility index (Phi) is 15.7. The molecule has 0 bridgehead atoms. The van der Waals surface area contributed by atoms with E-state index in [-0.39, 0.29) is 25.3 Å². The summed E-state index contributed by atoms with van der Waals surface area (Å²) in [5, 5.41) is 28.0. The molecule has 0 amide bonds. The van der Waals surface area contributed by atoms with Crippen LogP contribution in [-0.2, 0) is 16.1 Å². The molecule has 0 atom stereocenters. The Hall–Kier alpha value is -1.65. The Balaban J connectivity index is 0. The number of nitrogens with zero attached hydrogens (tertiary/aromatic N) is 2. The third kappa shape index (κ3) is 10.7. The maximum Gasteiger partial charge on any atom is 0.222 e. The molecule has 0 saturated heterocycles. The summed E-state index contributed by atoms with van der Waals surface area (Å²) in [5.41, 5.74) is 0.377. The highest BCUT2D eigenvalue weighted by molar-refractivity contribution is 6.46. The van der Waals surface area contributed by atoms with Gasteiger partial charge < -0.3 is 15.1 Å². The van der Waals surface area contributed by atoms with Crippen molar-refractivity contribution in [2.45, 2.75) is 20.3 Å². The molecule has 6 nitrogen and oxygen atoms in total. The Morgan fingerprint density at radius 1 is 1.26 bits per heavy atom. The van der Waals surface area contributed by atoms with Gasteiger partial charge in [0.15, 0.2) is 5.78 Å². The number of nitriles is 1. The van der Waals surface area contributed by atoms with Crippen molar-refractivity contribution in [1.82, 2.24) is 0 Å². The molecule has 1 rings (SSSR count).